The van der Waals surface area contributed by atoms with E-state index in [1.807, 2.05) is 37.3 Å². The van der Waals surface area contributed by atoms with Gasteiger partial charge in [-0.1, -0.05) is 37.3 Å². The maximum atomic E-state index is 13.1. The molecule has 0 spiro atoms. The number of furan rings is 1. The quantitative estimate of drug-likeness (QED) is 0.827. The number of rotatable bonds is 7. The second kappa shape index (κ2) is 7.19. The predicted octanol–water partition coefficient (Wildman–Crippen LogP) is 3.20. The van der Waals surface area contributed by atoms with Crippen LogP contribution >= 0.6 is 0 Å². The molecule has 1 aromatic carbocycles. The molecule has 0 fully saturated rings. The molecule has 0 unspecified atom stereocenters. The molecular weight excluding hydrogens is 330 g/mol. The van der Waals surface area contributed by atoms with Crippen LogP contribution in [-0.4, -0.2) is 30.3 Å². The third-order valence-corrected chi connectivity index (χ3v) is 5.69. The summed E-state index contributed by atoms with van der Waals surface area (Å²) in [7, 11) is -3.99. The largest absolute Gasteiger partial charge is 0.478 e. The molecule has 1 N–H and O–H groups in total. The van der Waals surface area contributed by atoms with E-state index in [4.69, 9.17) is 4.42 Å². The molecule has 0 bridgehead atoms. The Morgan fingerprint density at radius 1 is 1.17 bits per heavy atom. The number of sulfonamides is 1. The Morgan fingerprint density at radius 2 is 1.79 bits per heavy atom. The molecule has 24 heavy (non-hydrogen) atoms. The molecule has 0 saturated carbocycles. The third kappa shape index (κ3) is 3.52. The molecule has 1 heterocycles. The molecule has 0 saturated heterocycles. The molecule has 0 aliphatic carbocycles. The van der Waals surface area contributed by atoms with E-state index in [0.717, 1.165) is 5.56 Å². The van der Waals surface area contributed by atoms with Crippen molar-refractivity contribution in [2.45, 2.75) is 38.6 Å². The van der Waals surface area contributed by atoms with Crippen LogP contribution in [0, 0.1) is 13.8 Å². The molecule has 1 aromatic heterocycles. The first-order valence-corrected chi connectivity index (χ1v) is 9.10. The van der Waals surface area contributed by atoms with Crippen molar-refractivity contribution in [1.29, 1.82) is 0 Å². The Kier molecular flexibility index (Phi) is 5.46. The van der Waals surface area contributed by atoms with Crippen LogP contribution in [0.4, 0.5) is 0 Å². The molecule has 6 nitrogen and oxygen atoms in total. The Balaban J connectivity index is 2.52. The summed E-state index contributed by atoms with van der Waals surface area (Å²) in [5, 5.41) is 9.38. The average molecular weight is 351 g/mol. The molecule has 2 aromatic rings. The summed E-state index contributed by atoms with van der Waals surface area (Å²) < 4.78 is 32.8. The van der Waals surface area contributed by atoms with Gasteiger partial charge in [0.15, 0.2) is 0 Å². The lowest BCUT2D eigenvalue weighted by Gasteiger charge is -2.22. The second-order valence-electron chi connectivity index (χ2n) is 5.55. The van der Waals surface area contributed by atoms with E-state index in [-0.39, 0.29) is 28.5 Å². The molecule has 130 valence electrons. The maximum Gasteiger partial charge on any atom is 0.340 e. The van der Waals surface area contributed by atoms with E-state index in [1.54, 1.807) is 0 Å². The fraction of sp³-hybridized carbons (Fsp3) is 0.353. The zero-order valence-electron chi connectivity index (χ0n) is 13.9. The van der Waals surface area contributed by atoms with Gasteiger partial charge in [-0.15, -0.1) is 0 Å². The maximum absolute atomic E-state index is 13.1. The highest BCUT2D eigenvalue weighted by atomic mass is 32.2. The standard InChI is InChI=1S/C17H21NO5S/c1-4-10-18(11-14-8-6-5-7-9-14)24(21,22)16-13(3)23-12(2)15(16)17(19)20/h5-9H,4,10-11H2,1-3H3,(H,19,20). The highest BCUT2D eigenvalue weighted by molar-refractivity contribution is 7.89. The third-order valence-electron chi connectivity index (χ3n) is 3.69. The van der Waals surface area contributed by atoms with Crippen LogP contribution in [0.1, 0.15) is 40.8 Å². The summed E-state index contributed by atoms with van der Waals surface area (Å²) >= 11 is 0. The first kappa shape index (κ1) is 18.2. The van der Waals surface area contributed by atoms with Gasteiger partial charge in [0.2, 0.25) is 10.0 Å². The number of hydrogen-bond donors (Lipinski definition) is 1. The van der Waals surface area contributed by atoms with Gasteiger partial charge in [-0.2, -0.15) is 4.31 Å². The second-order valence-corrected chi connectivity index (χ2v) is 7.42. The minimum atomic E-state index is -3.99. The number of hydrogen-bond acceptors (Lipinski definition) is 4. The number of carbonyl (C=O) groups is 1. The van der Waals surface area contributed by atoms with Gasteiger partial charge < -0.3 is 9.52 Å². The summed E-state index contributed by atoms with van der Waals surface area (Å²) in [6.45, 7) is 5.27. The van der Waals surface area contributed by atoms with Crippen LogP contribution in [0.15, 0.2) is 39.6 Å². The molecule has 0 atom stereocenters. The predicted molar refractivity (Wildman–Crippen MR) is 89.5 cm³/mol. The van der Waals surface area contributed by atoms with Crippen LogP contribution in [-0.2, 0) is 16.6 Å². The van der Waals surface area contributed by atoms with Crippen molar-refractivity contribution < 1.29 is 22.7 Å². The van der Waals surface area contributed by atoms with E-state index >= 15 is 0 Å². The lowest BCUT2D eigenvalue weighted by molar-refractivity contribution is 0.0691. The topological polar surface area (TPSA) is 87.8 Å². The normalized spacial score (nSPS) is 11.8. The van der Waals surface area contributed by atoms with Crippen molar-refractivity contribution in [3.05, 3.63) is 53.0 Å². The molecule has 0 radical (unpaired) electrons. The lowest BCUT2D eigenvalue weighted by Crippen LogP contribution is -2.32. The monoisotopic (exact) mass is 351 g/mol. The van der Waals surface area contributed by atoms with Crippen LogP contribution < -0.4 is 0 Å². The van der Waals surface area contributed by atoms with Crippen molar-refractivity contribution in [3.8, 4) is 0 Å². The van der Waals surface area contributed by atoms with Gasteiger partial charge in [0, 0.05) is 13.1 Å². The summed E-state index contributed by atoms with van der Waals surface area (Å²) in [4.78, 5) is 11.2. The van der Waals surface area contributed by atoms with E-state index in [2.05, 4.69) is 0 Å². The number of benzene rings is 1. The molecular formula is C17H21NO5S. The number of aryl methyl sites for hydroxylation is 2. The van der Waals surface area contributed by atoms with E-state index < -0.39 is 16.0 Å². The van der Waals surface area contributed by atoms with Gasteiger partial charge >= 0.3 is 5.97 Å². The zero-order chi connectivity index (χ0) is 17.9. The molecule has 0 aliphatic heterocycles. The molecule has 2 rings (SSSR count). The first-order chi connectivity index (χ1) is 11.3. The minimum absolute atomic E-state index is 0.0923. The molecule has 7 heteroatoms. The SMILES string of the molecule is CCCN(Cc1ccccc1)S(=O)(=O)c1c(C)oc(C)c1C(=O)O. The van der Waals surface area contributed by atoms with Crippen molar-refractivity contribution in [2.75, 3.05) is 6.54 Å². The van der Waals surface area contributed by atoms with Crippen LogP contribution in [0.25, 0.3) is 0 Å². The number of nitrogens with zero attached hydrogens (tertiary/aromatic N) is 1. The Hall–Kier alpha value is -2.12. The van der Waals surface area contributed by atoms with Gasteiger partial charge in [0.05, 0.1) is 0 Å². The van der Waals surface area contributed by atoms with Crippen molar-refractivity contribution >= 4 is 16.0 Å². The molecule has 0 amide bonds. The smallest absolute Gasteiger partial charge is 0.340 e. The summed E-state index contributed by atoms with van der Waals surface area (Å²) in [5.41, 5.74) is 0.547. The van der Waals surface area contributed by atoms with Crippen LogP contribution in [0.2, 0.25) is 0 Å². The summed E-state index contributed by atoms with van der Waals surface area (Å²) in [5.74, 6) is -1.12. The Bertz CT molecular complexity index is 824. The number of aromatic carboxylic acids is 1. The van der Waals surface area contributed by atoms with Crippen LogP contribution in [0.5, 0.6) is 0 Å². The van der Waals surface area contributed by atoms with Gasteiger partial charge in [-0.25, -0.2) is 13.2 Å². The average Bonchev–Trinajstić information content (AvgIpc) is 2.83. The Labute approximate surface area is 141 Å². The molecule has 0 aliphatic rings. The number of carboxylic acid groups (broad SMARTS) is 1. The van der Waals surface area contributed by atoms with Crippen molar-refractivity contribution in [1.82, 2.24) is 4.31 Å². The fourth-order valence-electron chi connectivity index (χ4n) is 2.67. The fourth-order valence-corrected chi connectivity index (χ4v) is 4.57. The Morgan fingerprint density at radius 3 is 2.33 bits per heavy atom. The van der Waals surface area contributed by atoms with Crippen molar-refractivity contribution in [2.24, 2.45) is 0 Å². The van der Waals surface area contributed by atoms with E-state index in [9.17, 15) is 18.3 Å². The van der Waals surface area contributed by atoms with Crippen molar-refractivity contribution in [3.63, 3.8) is 0 Å². The van der Waals surface area contributed by atoms with Gasteiger partial charge in [0.1, 0.15) is 22.0 Å². The van der Waals surface area contributed by atoms with E-state index in [1.165, 1.54) is 18.2 Å². The first-order valence-electron chi connectivity index (χ1n) is 7.66. The van der Waals surface area contributed by atoms with Crippen LogP contribution in [0.3, 0.4) is 0 Å². The highest BCUT2D eigenvalue weighted by Gasteiger charge is 2.34. The summed E-state index contributed by atoms with van der Waals surface area (Å²) in [6, 6.07) is 9.20. The lowest BCUT2D eigenvalue weighted by atomic mass is 10.2. The highest BCUT2D eigenvalue weighted by Crippen LogP contribution is 2.30. The van der Waals surface area contributed by atoms with E-state index in [0.29, 0.717) is 13.0 Å². The van der Waals surface area contributed by atoms with Gasteiger partial charge in [0.25, 0.3) is 0 Å². The van der Waals surface area contributed by atoms with Gasteiger partial charge in [-0.05, 0) is 25.8 Å². The zero-order valence-corrected chi connectivity index (χ0v) is 14.8. The number of carboxylic acids is 1. The van der Waals surface area contributed by atoms with Gasteiger partial charge in [-0.3, -0.25) is 0 Å². The minimum Gasteiger partial charge on any atom is -0.478 e. The summed E-state index contributed by atoms with van der Waals surface area (Å²) in [6.07, 6.45) is 0.615.